The van der Waals surface area contributed by atoms with Gasteiger partial charge in [0.15, 0.2) is 23.0 Å². The molecule has 11 heteroatoms. The summed E-state index contributed by atoms with van der Waals surface area (Å²) in [4.78, 5) is 40.5. The molecule has 4 aliphatic heterocycles. The molecule has 4 aromatic carbocycles. The molecule has 0 spiro atoms. The topological polar surface area (TPSA) is 122 Å². The van der Waals surface area contributed by atoms with Gasteiger partial charge >= 0.3 is 0 Å². The fourth-order valence-electron chi connectivity index (χ4n) is 7.42. The number of phenols is 1. The monoisotopic (exact) mass is 700 g/mol. The quantitative estimate of drug-likeness (QED) is 0.193. The summed E-state index contributed by atoms with van der Waals surface area (Å²) in [5.41, 5.74) is 6.67. The Morgan fingerprint density at radius 2 is 1.38 bits per heavy atom. The summed E-state index contributed by atoms with van der Waals surface area (Å²) in [6, 6.07) is 20.4. The van der Waals surface area contributed by atoms with Gasteiger partial charge in [0.05, 0.1) is 50.3 Å². The van der Waals surface area contributed by atoms with Crippen molar-refractivity contribution in [3.8, 4) is 28.7 Å². The zero-order valence-corrected chi connectivity index (χ0v) is 29.2. The first-order valence-corrected chi connectivity index (χ1v) is 17.7. The lowest BCUT2D eigenvalue weighted by Gasteiger charge is -2.34. The van der Waals surface area contributed by atoms with Crippen LogP contribution in [0.25, 0.3) is 0 Å². The van der Waals surface area contributed by atoms with Gasteiger partial charge in [-0.3, -0.25) is 19.6 Å². The van der Waals surface area contributed by atoms with Crippen molar-refractivity contribution < 1.29 is 33.6 Å². The maximum absolute atomic E-state index is 13.7. The smallest absolute Gasteiger partial charge is 0.257 e. The molecule has 0 aromatic heterocycles. The van der Waals surface area contributed by atoms with E-state index in [0.29, 0.717) is 79.0 Å². The zero-order valence-electron chi connectivity index (χ0n) is 29.2. The number of unbranched alkanes of at least 4 members (excludes halogenated alkanes) is 2. The van der Waals surface area contributed by atoms with Crippen LogP contribution in [0.5, 0.6) is 28.7 Å². The number of aromatic hydroxyl groups is 1. The number of carbonyl (C=O) groups excluding carboxylic acids is 2. The van der Waals surface area contributed by atoms with Crippen molar-refractivity contribution in [3.05, 3.63) is 106 Å². The number of methoxy groups -OCH3 is 2. The molecule has 4 heterocycles. The molecule has 0 saturated carbocycles. The number of hydrogen-bond donors (Lipinski definition) is 1. The average molecular weight is 701 g/mol. The van der Waals surface area contributed by atoms with Crippen LogP contribution in [0.15, 0.2) is 76.7 Å². The Morgan fingerprint density at radius 1 is 0.712 bits per heavy atom. The van der Waals surface area contributed by atoms with Gasteiger partial charge in [-0.15, -0.1) is 0 Å². The third-order valence-corrected chi connectivity index (χ3v) is 10.3. The van der Waals surface area contributed by atoms with E-state index in [1.807, 2.05) is 35.4 Å². The Morgan fingerprint density at radius 3 is 2.15 bits per heavy atom. The molecule has 8 rings (SSSR count). The van der Waals surface area contributed by atoms with E-state index in [-0.39, 0.29) is 29.8 Å². The first-order valence-electron chi connectivity index (χ1n) is 17.7. The number of amides is 2. The van der Waals surface area contributed by atoms with Crippen molar-refractivity contribution in [2.45, 2.75) is 57.4 Å². The van der Waals surface area contributed by atoms with Crippen LogP contribution in [-0.4, -0.2) is 78.8 Å². The number of carbonyl (C=O) groups is 2. The molecule has 0 unspecified atom stereocenters. The minimum absolute atomic E-state index is 0.0648. The molecule has 266 valence electrons. The molecule has 11 nitrogen and oxygen atoms in total. The molecule has 0 saturated heterocycles. The Bertz CT molecular complexity index is 2110. The van der Waals surface area contributed by atoms with Gasteiger partial charge in [0.25, 0.3) is 11.8 Å². The molecule has 52 heavy (non-hydrogen) atoms. The van der Waals surface area contributed by atoms with Gasteiger partial charge < -0.3 is 33.9 Å². The number of nitrogens with zero attached hydrogens (tertiary/aromatic N) is 4. The second kappa shape index (κ2) is 14.1. The second-order valence-corrected chi connectivity index (χ2v) is 13.5. The summed E-state index contributed by atoms with van der Waals surface area (Å²) in [7, 11) is 3.14. The lowest BCUT2D eigenvalue weighted by molar-refractivity contribution is 0.0651. The minimum Gasteiger partial charge on any atom is -0.508 e. The highest BCUT2D eigenvalue weighted by atomic mass is 16.5. The molecular weight excluding hydrogens is 660 g/mol. The molecule has 0 bridgehead atoms. The molecule has 1 N–H and O–H groups in total. The molecular formula is C41H40N4O7. The summed E-state index contributed by atoms with van der Waals surface area (Å²) in [5, 5.41) is 9.97. The van der Waals surface area contributed by atoms with Gasteiger partial charge in [0, 0.05) is 43.6 Å². The van der Waals surface area contributed by atoms with Gasteiger partial charge in [-0.05, 0) is 78.3 Å². The first kappa shape index (κ1) is 33.3. The van der Waals surface area contributed by atoms with E-state index in [2.05, 4.69) is 12.1 Å². The SMILES string of the molecule is COc1cc2c(cc1OCCCCCOc1cc3c(cc1OC)C(=O)N1Cc4cc(O)ccc4C[C@H]1C=N3)C=N[C@@H]1Cc3ccccc3CN1C2=O. The Labute approximate surface area is 302 Å². The van der Waals surface area contributed by atoms with E-state index < -0.39 is 0 Å². The second-order valence-electron chi connectivity index (χ2n) is 13.5. The van der Waals surface area contributed by atoms with Crippen molar-refractivity contribution in [1.82, 2.24) is 9.80 Å². The Balaban J connectivity index is 0.864. The van der Waals surface area contributed by atoms with E-state index >= 15 is 0 Å². The van der Waals surface area contributed by atoms with Crippen LogP contribution in [0.4, 0.5) is 5.69 Å². The number of ether oxygens (including phenoxy) is 4. The summed E-state index contributed by atoms with van der Waals surface area (Å²) in [5.74, 6) is 2.07. The molecule has 0 radical (unpaired) electrons. The maximum atomic E-state index is 13.7. The van der Waals surface area contributed by atoms with Gasteiger partial charge in [-0.1, -0.05) is 30.3 Å². The zero-order chi connectivity index (χ0) is 35.8. The van der Waals surface area contributed by atoms with Gasteiger partial charge in [0.1, 0.15) is 11.9 Å². The van der Waals surface area contributed by atoms with Crippen LogP contribution in [0.1, 0.15) is 67.8 Å². The number of benzene rings is 4. The summed E-state index contributed by atoms with van der Waals surface area (Å²) in [6.07, 6.45) is 7.08. The van der Waals surface area contributed by atoms with Gasteiger partial charge in [-0.25, -0.2) is 0 Å². The highest BCUT2D eigenvalue weighted by Crippen LogP contribution is 2.39. The van der Waals surface area contributed by atoms with Gasteiger partial charge in [-0.2, -0.15) is 0 Å². The largest absolute Gasteiger partial charge is 0.508 e. The molecule has 2 atom stereocenters. The normalized spacial score (nSPS) is 18.2. The highest BCUT2D eigenvalue weighted by Gasteiger charge is 2.35. The van der Waals surface area contributed by atoms with Crippen molar-refractivity contribution in [2.75, 3.05) is 27.4 Å². The Kier molecular flexibility index (Phi) is 9.00. The van der Waals surface area contributed by atoms with Crippen LogP contribution in [-0.2, 0) is 25.9 Å². The maximum Gasteiger partial charge on any atom is 0.257 e. The molecule has 4 aromatic rings. The third-order valence-electron chi connectivity index (χ3n) is 10.3. The summed E-state index contributed by atoms with van der Waals surface area (Å²) < 4.78 is 23.6. The predicted molar refractivity (Wildman–Crippen MR) is 196 cm³/mol. The first-order chi connectivity index (χ1) is 25.4. The van der Waals surface area contributed by atoms with E-state index in [1.165, 1.54) is 5.56 Å². The number of hydrogen-bond acceptors (Lipinski definition) is 9. The van der Waals surface area contributed by atoms with E-state index in [4.69, 9.17) is 28.9 Å². The van der Waals surface area contributed by atoms with E-state index in [0.717, 1.165) is 41.5 Å². The van der Waals surface area contributed by atoms with E-state index in [9.17, 15) is 14.7 Å². The highest BCUT2D eigenvalue weighted by molar-refractivity contribution is 6.05. The molecule has 0 fully saturated rings. The van der Waals surface area contributed by atoms with Crippen LogP contribution in [0.3, 0.4) is 0 Å². The van der Waals surface area contributed by atoms with Crippen LogP contribution >= 0.6 is 0 Å². The van der Waals surface area contributed by atoms with Crippen molar-refractivity contribution >= 4 is 29.9 Å². The van der Waals surface area contributed by atoms with Crippen molar-refractivity contribution in [1.29, 1.82) is 0 Å². The van der Waals surface area contributed by atoms with E-state index in [1.54, 1.807) is 55.7 Å². The van der Waals surface area contributed by atoms with Crippen molar-refractivity contribution in [3.63, 3.8) is 0 Å². The molecule has 4 aliphatic rings. The molecule has 0 aliphatic carbocycles. The fourth-order valence-corrected chi connectivity index (χ4v) is 7.42. The van der Waals surface area contributed by atoms with Crippen molar-refractivity contribution in [2.24, 2.45) is 9.98 Å². The van der Waals surface area contributed by atoms with Crippen LogP contribution in [0.2, 0.25) is 0 Å². The number of fused-ring (bicyclic) bond motifs is 6. The molecule has 2 amide bonds. The number of aliphatic imine (C=N–C) groups is 2. The third kappa shape index (κ3) is 6.31. The van der Waals surface area contributed by atoms with Gasteiger partial charge in [0.2, 0.25) is 0 Å². The predicted octanol–water partition coefficient (Wildman–Crippen LogP) is 6.28. The lowest BCUT2D eigenvalue weighted by atomic mass is 9.94. The lowest BCUT2D eigenvalue weighted by Crippen LogP contribution is -2.44. The Hall–Kier alpha value is -5.84. The fraction of sp³-hybridized carbons (Fsp3) is 0.317. The average Bonchev–Trinajstić information content (AvgIpc) is 3.38. The number of phenolic OH excluding ortho intramolecular Hbond substituents is 1. The van der Waals surface area contributed by atoms with Crippen LogP contribution in [0, 0.1) is 0 Å². The summed E-state index contributed by atoms with van der Waals surface area (Å²) in [6.45, 7) is 1.83. The summed E-state index contributed by atoms with van der Waals surface area (Å²) >= 11 is 0. The number of rotatable bonds is 10. The standard InChI is InChI=1S/C41H40N4O7/c1-49-35-18-32-28(21-43-39-17-25-8-4-5-9-27(25)23-45(39)40(32)47)16-37(35)51-12-6-3-7-13-52-38-20-34-33(19-36(38)50-2)41(48)44-24-29-15-31(46)11-10-26(29)14-30(44)22-42-34/h4-5,8-11,15-16,18-22,30,39,46H,3,6-7,12-14,17,23-24H2,1-2H3/t30-,39-/m0/s1. The minimum atomic E-state index is -0.244. The van der Waals surface area contributed by atoms with Crippen LogP contribution < -0.4 is 18.9 Å².